The molecule has 0 saturated heterocycles. The highest BCUT2D eigenvalue weighted by molar-refractivity contribution is 9.10. The smallest absolute Gasteiger partial charge is 0.154 e. The quantitative estimate of drug-likeness (QED) is 0.932. The van der Waals surface area contributed by atoms with Crippen LogP contribution in [0.1, 0.15) is 44.2 Å². The number of aromatic nitrogens is 3. The molecule has 2 fully saturated rings. The minimum absolute atomic E-state index is 0.390. The Morgan fingerprint density at radius 1 is 1.24 bits per heavy atom. The molecule has 94 valence electrons. The number of aryl methyl sites for hydroxylation is 1. The van der Waals surface area contributed by atoms with Crippen LogP contribution >= 0.6 is 15.9 Å². The Labute approximate surface area is 110 Å². The summed E-state index contributed by atoms with van der Waals surface area (Å²) in [4.78, 5) is 0. The second-order valence-electron chi connectivity index (χ2n) is 5.43. The minimum atomic E-state index is -0.715. The first-order valence-electron chi connectivity index (χ1n) is 6.42. The Morgan fingerprint density at radius 2 is 1.76 bits per heavy atom. The lowest BCUT2D eigenvalue weighted by Crippen LogP contribution is -2.49. The maximum Gasteiger partial charge on any atom is 0.154 e. The summed E-state index contributed by atoms with van der Waals surface area (Å²) in [7, 11) is 1.87. The van der Waals surface area contributed by atoms with Gasteiger partial charge in [-0.3, -0.25) is 0 Å². The average molecular weight is 300 g/mol. The van der Waals surface area contributed by atoms with Crippen LogP contribution in [0.2, 0.25) is 0 Å². The van der Waals surface area contributed by atoms with Gasteiger partial charge in [0.05, 0.1) is 0 Å². The van der Waals surface area contributed by atoms with Crippen molar-refractivity contribution in [3.63, 3.8) is 0 Å². The van der Waals surface area contributed by atoms with Gasteiger partial charge in [-0.25, -0.2) is 4.68 Å². The van der Waals surface area contributed by atoms with E-state index in [0.717, 1.165) is 31.4 Å². The molecule has 2 aliphatic rings. The standard InChI is InChI=1S/C12H18BrN3O/c1-16-10(11(13)14-15-16)12(17,8-4-2-5-8)9-6-3-7-9/h8-9,17H,2-7H2,1H3. The number of rotatable bonds is 3. The van der Waals surface area contributed by atoms with Crippen LogP contribution in [-0.4, -0.2) is 20.1 Å². The molecule has 1 aromatic rings. The highest BCUT2D eigenvalue weighted by Gasteiger charge is 2.52. The van der Waals surface area contributed by atoms with Gasteiger partial charge in [0.15, 0.2) is 4.60 Å². The van der Waals surface area contributed by atoms with Crippen molar-refractivity contribution < 1.29 is 5.11 Å². The Hall–Kier alpha value is -0.420. The lowest BCUT2D eigenvalue weighted by atomic mass is 9.60. The van der Waals surface area contributed by atoms with E-state index < -0.39 is 5.60 Å². The van der Waals surface area contributed by atoms with Gasteiger partial charge in [0.2, 0.25) is 0 Å². The first-order valence-corrected chi connectivity index (χ1v) is 7.21. The van der Waals surface area contributed by atoms with Crippen molar-refractivity contribution in [2.24, 2.45) is 18.9 Å². The first kappa shape index (κ1) is 11.7. The van der Waals surface area contributed by atoms with Crippen molar-refractivity contribution in [3.05, 3.63) is 10.3 Å². The number of halogens is 1. The normalized spacial score (nSPS) is 22.3. The van der Waals surface area contributed by atoms with Crippen LogP contribution in [0.25, 0.3) is 0 Å². The Balaban J connectivity index is 2.03. The minimum Gasteiger partial charge on any atom is -0.383 e. The van der Waals surface area contributed by atoms with Crippen LogP contribution in [0, 0.1) is 11.8 Å². The first-order chi connectivity index (χ1) is 8.14. The zero-order valence-electron chi connectivity index (χ0n) is 10.1. The summed E-state index contributed by atoms with van der Waals surface area (Å²) in [6, 6.07) is 0. The van der Waals surface area contributed by atoms with Crippen LogP contribution in [0.5, 0.6) is 0 Å². The largest absolute Gasteiger partial charge is 0.383 e. The van der Waals surface area contributed by atoms with Gasteiger partial charge in [-0.1, -0.05) is 18.1 Å². The van der Waals surface area contributed by atoms with Gasteiger partial charge in [-0.2, -0.15) is 0 Å². The molecule has 2 aliphatic carbocycles. The molecule has 0 radical (unpaired) electrons. The molecule has 3 rings (SSSR count). The van der Waals surface area contributed by atoms with Crippen LogP contribution in [0.3, 0.4) is 0 Å². The monoisotopic (exact) mass is 299 g/mol. The fourth-order valence-corrected chi connectivity index (χ4v) is 3.82. The number of nitrogens with zero attached hydrogens (tertiary/aromatic N) is 3. The second kappa shape index (κ2) is 4.05. The second-order valence-corrected chi connectivity index (χ2v) is 6.18. The predicted molar refractivity (Wildman–Crippen MR) is 67.3 cm³/mol. The van der Waals surface area contributed by atoms with E-state index in [-0.39, 0.29) is 0 Å². The van der Waals surface area contributed by atoms with E-state index in [9.17, 15) is 5.11 Å². The van der Waals surface area contributed by atoms with Crippen molar-refractivity contribution >= 4 is 15.9 Å². The van der Waals surface area contributed by atoms with Gasteiger partial charge in [0.25, 0.3) is 0 Å². The summed E-state index contributed by atoms with van der Waals surface area (Å²) in [5.74, 6) is 0.780. The van der Waals surface area contributed by atoms with E-state index in [1.807, 2.05) is 7.05 Å². The maximum absolute atomic E-state index is 11.2. The van der Waals surface area contributed by atoms with Gasteiger partial charge in [0.1, 0.15) is 11.3 Å². The van der Waals surface area contributed by atoms with E-state index >= 15 is 0 Å². The van der Waals surface area contributed by atoms with Gasteiger partial charge in [-0.15, -0.1) is 5.10 Å². The van der Waals surface area contributed by atoms with E-state index in [4.69, 9.17) is 0 Å². The fraction of sp³-hybridized carbons (Fsp3) is 0.833. The number of hydrogen-bond acceptors (Lipinski definition) is 3. The Kier molecular flexibility index (Phi) is 2.78. The molecule has 0 spiro atoms. The zero-order valence-corrected chi connectivity index (χ0v) is 11.7. The van der Waals surface area contributed by atoms with Crippen LogP contribution in [-0.2, 0) is 12.6 Å². The predicted octanol–water partition coefficient (Wildman–Crippen LogP) is 2.37. The molecule has 1 heterocycles. The van der Waals surface area contributed by atoms with Gasteiger partial charge in [0, 0.05) is 7.05 Å². The molecule has 4 nitrogen and oxygen atoms in total. The highest BCUT2D eigenvalue weighted by Crippen LogP contribution is 2.53. The molecule has 0 unspecified atom stereocenters. The van der Waals surface area contributed by atoms with Crippen molar-refractivity contribution in [1.29, 1.82) is 0 Å². The third-order valence-corrected chi connectivity index (χ3v) is 5.15. The van der Waals surface area contributed by atoms with Crippen LogP contribution in [0.15, 0.2) is 4.60 Å². The summed E-state index contributed by atoms with van der Waals surface area (Å²) >= 11 is 3.44. The Morgan fingerprint density at radius 3 is 2.06 bits per heavy atom. The van der Waals surface area contributed by atoms with Gasteiger partial charge >= 0.3 is 0 Å². The molecule has 0 amide bonds. The average Bonchev–Trinajstić information content (AvgIpc) is 2.39. The van der Waals surface area contributed by atoms with E-state index in [2.05, 4.69) is 26.2 Å². The maximum atomic E-state index is 11.2. The summed E-state index contributed by atoms with van der Waals surface area (Å²) in [6.07, 6.45) is 7.00. The molecule has 5 heteroatoms. The molecule has 1 aromatic heterocycles. The molecule has 1 N–H and O–H groups in total. The topological polar surface area (TPSA) is 50.9 Å². The molecule has 0 aliphatic heterocycles. The highest BCUT2D eigenvalue weighted by atomic mass is 79.9. The molecule has 2 saturated carbocycles. The zero-order chi connectivity index (χ0) is 12.0. The lowest BCUT2D eigenvalue weighted by Gasteiger charge is -2.49. The third-order valence-electron chi connectivity index (χ3n) is 4.62. The third kappa shape index (κ3) is 1.58. The summed E-state index contributed by atoms with van der Waals surface area (Å²) in [5, 5.41) is 19.3. The summed E-state index contributed by atoms with van der Waals surface area (Å²) in [6.45, 7) is 0. The molecule has 0 bridgehead atoms. The van der Waals surface area contributed by atoms with E-state index in [0.29, 0.717) is 16.4 Å². The lowest BCUT2D eigenvalue weighted by molar-refractivity contribution is -0.131. The van der Waals surface area contributed by atoms with Gasteiger partial charge in [-0.05, 0) is 53.4 Å². The molecular formula is C12H18BrN3O. The number of aliphatic hydroxyl groups is 1. The van der Waals surface area contributed by atoms with Gasteiger partial charge < -0.3 is 5.11 Å². The molecule has 17 heavy (non-hydrogen) atoms. The fourth-order valence-electron chi connectivity index (χ4n) is 3.17. The van der Waals surface area contributed by atoms with Crippen molar-refractivity contribution in [1.82, 2.24) is 15.0 Å². The molecule has 0 atom stereocenters. The van der Waals surface area contributed by atoms with Crippen LogP contribution < -0.4 is 0 Å². The van der Waals surface area contributed by atoms with Crippen LogP contribution in [0.4, 0.5) is 0 Å². The van der Waals surface area contributed by atoms with E-state index in [1.54, 1.807) is 4.68 Å². The summed E-state index contributed by atoms with van der Waals surface area (Å²) < 4.78 is 2.45. The number of hydrogen-bond donors (Lipinski definition) is 1. The van der Waals surface area contributed by atoms with E-state index in [1.165, 1.54) is 12.8 Å². The van der Waals surface area contributed by atoms with Crippen molar-refractivity contribution in [2.45, 2.75) is 44.1 Å². The van der Waals surface area contributed by atoms with Crippen molar-refractivity contribution in [2.75, 3.05) is 0 Å². The molecular weight excluding hydrogens is 282 g/mol. The van der Waals surface area contributed by atoms with Crippen molar-refractivity contribution in [3.8, 4) is 0 Å². The molecule has 0 aromatic carbocycles. The summed E-state index contributed by atoms with van der Waals surface area (Å²) in [5.41, 5.74) is 0.167. The Bertz CT molecular complexity index is 390. The SMILES string of the molecule is Cn1nnc(Br)c1C(O)(C1CCC1)C1CCC1.